The number of rotatable bonds is 7. The Balaban J connectivity index is 1.29. The maximum atomic E-state index is 5.35. The van der Waals surface area contributed by atoms with E-state index in [9.17, 15) is 0 Å². The van der Waals surface area contributed by atoms with Gasteiger partial charge in [0.2, 0.25) is 16.9 Å². The number of H-pyrrole nitrogens is 1. The standard InChI is InChI=1S/C19H23N5OS/c1-13-6-9-15(10-7-13)18-21-17(25-24-18)12-26-19-20-16(22-23-19)11-8-14-4-2-3-5-14/h6-7,9-10,14H,2-5,8,11-12H2,1H3,(H,20,22,23). The highest BCUT2D eigenvalue weighted by Gasteiger charge is 2.16. The summed E-state index contributed by atoms with van der Waals surface area (Å²) in [5.41, 5.74) is 2.17. The minimum absolute atomic E-state index is 0.568. The van der Waals surface area contributed by atoms with Crippen LogP contribution in [0.1, 0.15) is 49.4 Å². The van der Waals surface area contributed by atoms with E-state index >= 15 is 0 Å². The molecule has 3 aromatic rings. The van der Waals surface area contributed by atoms with Crippen LogP contribution in [0.15, 0.2) is 33.9 Å². The van der Waals surface area contributed by atoms with Gasteiger partial charge in [-0.1, -0.05) is 72.4 Å². The van der Waals surface area contributed by atoms with Crippen LogP contribution in [-0.4, -0.2) is 25.3 Å². The molecule has 1 fully saturated rings. The molecule has 4 rings (SSSR count). The second kappa shape index (κ2) is 8.03. The minimum atomic E-state index is 0.568. The van der Waals surface area contributed by atoms with Crippen molar-refractivity contribution in [1.82, 2.24) is 25.3 Å². The Labute approximate surface area is 157 Å². The van der Waals surface area contributed by atoms with Gasteiger partial charge in [0.05, 0.1) is 5.75 Å². The van der Waals surface area contributed by atoms with E-state index < -0.39 is 0 Å². The Morgan fingerprint density at radius 3 is 2.77 bits per heavy atom. The summed E-state index contributed by atoms with van der Waals surface area (Å²) in [6.45, 7) is 2.06. The zero-order valence-electron chi connectivity index (χ0n) is 14.9. The summed E-state index contributed by atoms with van der Waals surface area (Å²) in [4.78, 5) is 9.02. The lowest BCUT2D eigenvalue weighted by molar-refractivity contribution is 0.391. The molecule has 7 heteroatoms. The molecule has 6 nitrogen and oxygen atoms in total. The summed E-state index contributed by atoms with van der Waals surface area (Å²) in [5, 5.41) is 12.1. The normalized spacial score (nSPS) is 15.0. The fourth-order valence-corrected chi connectivity index (χ4v) is 4.01. The highest BCUT2D eigenvalue weighted by molar-refractivity contribution is 7.98. The van der Waals surface area contributed by atoms with Crippen molar-refractivity contribution in [2.24, 2.45) is 5.92 Å². The molecule has 0 radical (unpaired) electrons. The number of aromatic amines is 1. The minimum Gasteiger partial charge on any atom is -0.338 e. The lowest BCUT2D eigenvalue weighted by Crippen LogP contribution is -1.97. The lowest BCUT2D eigenvalue weighted by Gasteiger charge is -2.05. The van der Waals surface area contributed by atoms with E-state index in [1.807, 2.05) is 24.3 Å². The number of hydrogen-bond donors (Lipinski definition) is 1. The third-order valence-electron chi connectivity index (χ3n) is 4.88. The van der Waals surface area contributed by atoms with Crippen molar-refractivity contribution in [3.63, 3.8) is 0 Å². The van der Waals surface area contributed by atoms with Gasteiger partial charge >= 0.3 is 0 Å². The molecular formula is C19H23N5OS. The Morgan fingerprint density at radius 2 is 1.96 bits per heavy atom. The molecule has 1 saturated carbocycles. The number of benzene rings is 1. The molecule has 26 heavy (non-hydrogen) atoms. The Kier molecular flexibility index (Phi) is 5.34. The SMILES string of the molecule is Cc1ccc(-c2noc(CSc3n[nH]c(CCC4CCCC4)n3)n2)cc1. The van der Waals surface area contributed by atoms with Gasteiger partial charge in [-0.2, -0.15) is 4.98 Å². The summed E-state index contributed by atoms with van der Waals surface area (Å²) >= 11 is 1.51. The zero-order chi connectivity index (χ0) is 17.8. The summed E-state index contributed by atoms with van der Waals surface area (Å²) in [7, 11) is 0. The van der Waals surface area contributed by atoms with Gasteiger partial charge in [-0.25, -0.2) is 4.98 Å². The van der Waals surface area contributed by atoms with Crippen molar-refractivity contribution < 1.29 is 4.52 Å². The number of aromatic nitrogens is 5. The Morgan fingerprint density at radius 1 is 1.15 bits per heavy atom. The fourth-order valence-electron chi connectivity index (χ4n) is 3.35. The third kappa shape index (κ3) is 4.33. The van der Waals surface area contributed by atoms with Crippen LogP contribution < -0.4 is 0 Å². The van der Waals surface area contributed by atoms with Crippen LogP contribution in [0.3, 0.4) is 0 Å². The molecule has 136 valence electrons. The van der Waals surface area contributed by atoms with Crippen LogP contribution in [0.25, 0.3) is 11.4 Å². The maximum Gasteiger partial charge on any atom is 0.237 e. The van der Waals surface area contributed by atoms with E-state index in [0.717, 1.165) is 28.9 Å². The van der Waals surface area contributed by atoms with Gasteiger partial charge in [-0.3, -0.25) is 5.10 Å². The first-order valence-corrected chi connectivity index (χ1v) is 10.2. The molecule has 2 heterocycles. The number of aryl methyl sites for hydroxylation is 2. The number of hydrogen-bond acceptors (Lipinski definition) is 6. The van der Waals surface area contributed by atoms with E-state index in [4.69, 9.17) is 4.52 Å². The van der Waals surface area contributed by atoms with Crippen LogP contribution in [0.5, 0.6) is 0 Å². The molecule has 1 N–H and O–H groups in total. The Hall–Kier alpha value is -2.15. The van der Waals surface area contributed by atoms with Gasteiger partial charge in [0.15, 0.2) is 0 Å². The topological polar surface area (TPSA) is 80.5 Å². The molecule has 0 unspecified atom stereocenters. The van der Waals surface area contributed by atoms with Crippen molar-refractivity contribution >= 4 is 11.8 Å². The predicted molar refractivity (Wildman–Crippen MR) is 101 cm³/mol. The number of nitrogens with zero attached hydrogens (tertiary/aromatic N) is 4. The van der Waals surface area contributed by atoms with E-state index in [0.29, 0.717) is 17.5 Å². The molecule has 0 saturated heterocycles. The largest absolute Gasteiger partial charge is 0.338 e. The van der Waals surface area contributed by atoms with E-state index in [1.54, 1.807) is 0 Å². The molecule has 0 amide bonds. The van der Waals surface area contributed by atoms with Crippen molar-refractivity contribution in [1.29, 1.82) is 0 Å². The van der Waals surface area contributed by atoms with Gasteiger partial charge in [-0.05, 0) is 19.3 Å². The number of nitrogens with one attached hydrogen (secondary N) is 1. The van der Waals surface area contributed by atoms with Crippen molar-refractivity contribution in [2.75, 3.05) is 0 Å². The molecule has 1 aliphatic rings. The first-order chi connectivity index (χ1) is 12.8. The Bertz CT molecular complexity index is 836. The average Bonchev–Trinajstić information content (AvgIpc) is 3.40. The maximum absolute atomic E-state index is 5.35. The monoisotopic (exact) mass is 369 g/mol. The number of thioether (sulfide) groups is 1. The second-order valence-electron chi connectivity index (χ2n) is 6.92. The summed E-state index contributed by atoms with van der Waals surface area (Å²) in [5.74, 6) is 3.62. The highest BCUT2D eigenvalue weighted by Crippen LogP contribution is 2.28. The van der Waals surface area contributed by atoms with Crippen LogP contribution >= 0.6 is 11.8 Å². The van der Waals surface area contributed by atoms with Gasteiger partial charge in [-0.15, -0.1) is 5.10 Å². The molecule has 1 aliphatic carbocycles. The van der Waals surface area contributed by atoms with Crippen LogP contribution in [0.4, 0.5) is 0 Å². The third-order valence-corrected chi connectivity index (χ3v) is 5.71. The van der Waals surface area contributed by atoms with Crippen LogP contribution in [0.2, 0.25) is 0 Å². The summed E-state index contributed by atoms with van der Waals surface area (Å²) < 4.78 is 5.35. The average molecular weight is 369 g/mol. The summed E-state index contributed by atoms with van der Waals surface area (Å²) in [6, 6.07) is 8.09. The smallest absolute Gasteiger partial charge is 0.237 e. The van der Waals surface area contributed by atoms with Crippen LogP contribution in [0, 0.1) is 12.8 Å². The van der Waals surface area contributed by atoms with Gasteiger partial charge in [0.1, 0.15) is 5.82 Å². The van der Waals surface area contributed by atoms with Crippen molar-refractivity contribution in [3.8, 4) is 11.4 Å². The second-order valence-corrected chi connectivity index (χ2v) is 7.86. The molecule has 2 aromatic heterocycles. The van der Waals surface area contributed by atoms with Gasteiger partial charge in [0, 0.05) is 12.0 Å². The fraction of sp³-hybridized carbons (Fsp3) is 0.474. The van der Waals surface area contributed by atoms with Crippen molar-refractivity contribution in [2.45, 2.75) is 56.4 Å². The van der Waals surface area contributed by atoms with Gasteiger partial charge in [0.25, 0.3) is 0 Å². The quantitative estimate of drug-likeness (QED) is 0.614. The molecule has 0 spiro atoms. The molecule has 0 atom stereocenters. The molecule has 0 aliphatic heterocycles. The predicted octanol–water partition coefficient (Wildman–Crippen LogP) is 4.58. The first-order valence-electron chi connectivity index (χ1n) is 9.20. The summed E-state index contributed by atoms with van der Waals surface area (Å²) in [6.07, 6.45) is 7.71. The first kappa shape index (κ1) is 17.3. The molecule has 0 bridgehead atoms. The molecular weight excluding hydrogens is 346 g/mol. The van der Waals surface area contributed by atoms with E-state index in [-0.39, 0.29) is 0 Å². The van der Waals surface area contributed by atoms with Gasteiger partial charge < -0.3 is 4.52 Å². The van der Waals surface area contributed by atoms with Crippen LogP contribution in [-0.2, 0) is 12.2 Å². The van der Waals surface area contributed by atoms with E-state index in [1.165, 1.54) is 49.4 Å². The highest BCUT2D eigenvalue weighted by atomic mass is 32.2. The zero-order valence-corrected chi connectivity index (χ0v) is 15.8. The van der Waals surface area contributed by atoms with E-state index in [2.05, 4.69) is 32.2 Å². The molecule has 1 aromatic carbocycles. The van der Waals surface area contributed by atoms with Crippen molar-refractivity contribution in [3.05, 3.63) is 41.5 Å². The lowest BCUT2D eigenvalue weighted by atomic mass is 10.0.